The summed E-state index contributed by atoms with van der Waals surface area (Å²) in [5, 5.41) is -1.41. The molecule has 1 aromatic carbocycles. The summed E-state index contributed by atoms with van der Waals surface area (Å²) in [7, 11) is -4.45. The molecule has 2 nitrogen and oxygen atoms in total. The first kappa shape index (κ1) is 19.9. The van der Waals surface area contributed by atoms with Gasteiger partial charge < -0.3 is 8.85 Å². The number of rotatable bonds is 6. The lowest BCUT2D eigenvalue weighted by atomic mass is 10.1. The molecule has 0 aromatic heterocycles. The Kier molecular flexibility index (Phi) is 6.63. The molecule has 1 rings (SSSR count). The van der Waals surface area contributed by atoms with E-state index in [9.17, 15) is 30.7 Å². The van der Waals surface area contributed by atoms with Crippen LogP contribution in [0.25, 0.3) is 5.83 Å². The fraction of sp³-hybridized carbons (Fsp3) is 0.333. The molecule has 0 aliphatic rings. The first-order valence-corrected chi connectivity index (χ1v) is 8.99. The lowest BCUT2D eigenvalue weighted by molar-refractivity contribution is 0.213. The molecule has 0 N–H and O–H groups in total. The van der Waals surface area contributed by atoms with Gasteiger partial charge in [0.2, 0.25) is 5.83 Å². The highest BCUT2D eigenvalue weighted by atomic mass is 35.6. The van der Waals surface area contributed by atoms with E-state index in [2.05, 4.69) is 0 Å². The lowest BCUT2D eigenvalue weighted by Crippen LogP contribution is -2.53. The molecular formula is C12H10ClF7O2Si. The van der Waals surface area contributed by atoms with E-state index in [1.165, 1.54) is 13.8 Å². The molecule has 0 aliphatic carbocycles. The fourth-order valence-corrected chi connectivity index (χ4v) is 4.75. The fourth-order valence-electron chi connectivity index (χ4n) is 1.74. The summed E-state index contributed by atoms with van der Waals surface area (Å²) in [5.74, 6) is -11.8. The number of hydrogen-bond donors (Lipinski definition) is 0. The Morgan fingerprint density at radius 3 is 1.57 bits per heavy atom. The van der Waals surface area contributed by atoms with E-state index < -0.39 is 53.8 Å². The van der Waals surface area contributed by atoms with E-state index in [4.69, 9.17) is 19.9 Å². The highest BCUT2D eigenvalue weighted by molar-refractivity contribution is 7.20. The molecule has 1 aromatic rings. The number of halogens is 8. The van der Waals surface area contributed by atoms with Gasteiger partial charge in [-0.15, -0.1) is 0 Å². The Hall–Kier alpha value is -1.10. The molecule has 0 radical (unpaired) electrons. The van der Waals surface area contributed by atoms with E-state index in [-0.39, 0.29) is 13.2 Å². The molecule has 0 unspecified atom stereocenters. The van der Waals surface area contributed by atoms with Crippen molar-refractivity contribution < 1.29 is 39.6 Å². The van der Waals surface area contributed by atoms with Crippen LogP contribution in [0.1, 0.15) is 19.4 Å². The van der Waals surface area contributed by atoms with Gasteiger partial charge in [-0.2, -0.15) is 8.78 Å². The van der Waals surface area contributed by atoms with Crippen LogP contribution in [0.4, 0.5) is 30.7 Å². The molecule has 0 bridgehead atoms. The van der Waals surface area contributed by atoms with Crippen molar-refractivity contribution in [3.8, 4) is 0 Å². The van der Waals surface area contributed by atoms with Crippen LogP contribution >= 0.6 is 11.1 Å². The minimum atomic E-state index is -4.45. The quantitative estimate of drug-likeness (QED) is 0.317. The summed E-state index contributed by atoms with van der Waals surface area (Å²) in [6, 6.07) is 0. The Balaban J connectivity index is 3.76. The van der Waals surface area contributed by atoms with Crippen molar-refractivity contribution in [3.05, 3.63) is 34.9 Å². The van der Waals surface area contributed by atoms with Gasteiger partial charge in [-0.25, -0.2) is 22.0 Å². The first-order valence-electron chi connectivity index (χ1n) is 6.16. The van der Waals surface area contributed by atoms with Gasteiger partial charge in [-0.1, -0.05) is 11.1 Å². The molecule has 0 heterocycles. The minimum absolute atomic E-state index is 0.215. The largest absolute Gasteiger partial charge is 0.484 e. The summed E-state index contributed by atoms with van der Waals surface area (Å²) >= 11 is 5.84. The van der Waals surface area contributed by atoms with Gasteiger partial charge in [0.15, 0.2) is 23.3 Å². The maximum atomic E-state index is 14.0. The summed E-state index contributed by atoms with van der Waals surface area (Å²) < 4.78 is 103. The van der Waals surface area contributed by atoms with Crippen molar-refractivity contribution in [1.29, 1.82) is 0 Å². The molecular weight excluding hydrogens is 373 g/mol. The van der Waals surface area contributed by atoms with Crippen LogP contribution < -0.4 is 5.19 Å². The molecule has 130 valence electrons. The summed E-state index contributed by atoms with van der Waals surface area (Å²) in [6.07, 6.45) is -3.14. The smallest absolute Gasteiger partial charge is 0.380 e. The molecule has 0 saturated heterocycles. The zero-order valence-electron chi connectivity index (χ0n) is 11.8. The highest BCUT2D eigenvalue weighted by Crippen LogP contribution is 2.31. The molecule has 0 amide bonds. The zero-order chi connectivity index (χ0) is 17.9. The monoisotopic (exact) mass is 382 g/mol. The number of benzene rings is 1. The second kappa shape index (κ2) is 7.64. The van der Waals surface area contributed by atoms with Crippen LogP contribution in [0.3, 0.4) is 0 Å². The molecule has 23 heavy (non-hydrogen) atoms. The maximum Gasteiger partial charge on any atom is 0.484 e. The zero-order valence-corrected chi connectivity index (χ0v) is 13.5. The second-order valence-electron chi connectivity index (χ2n) is 3.98. The van der Waals surface area contributed by atoms with Gasteiger partial charge in [0.1, 0.15) is 0 Å². The third kappa shape index (κ3) is 3.70. The van der Waals surface area contributed by atoms with Crippen LogP contribution in [0, 0.1) is 23.3 Å². The van der Waals surface area contributed by atoms with Crippen LogP contribution in [-0.4, -0.2) is 21.1 Å². The van der Waals surface area contributed by atoms with E-state index in [0.717, 1.165) is 0 Å². The molecule has 0 aliphatic heterocycles. The number of hydrogen-bond acceptors (Lipinski definition) is 2. The van der Waals surface area contributed by atoms with Gasteiger partial charge in [0.25, 0.3) is 0 Å². The summed E-state index contributed by atoms with van der Waals surface area (Å²) in [6.45, 7) is 2.32. The van der Waals surface area contributed by atoms with Crippen LogP contribution in [0.15, 0.2) is 6.08 Å². The van der Waals surface area contributed by atoms with Crippen molar-refractivity contribution in [3.63, 3.8) is 0 Å². The summed E-state index contributed by atoms with van der Waals surface area (Å²) in [4.78, 5) is 0. The average Bonchev–Trinajstić information content (AvgIpc) is 2.45. The summed E-state index contributed by atoms with van der Waals surface area (Å²) in [5.41, 5.74) is -2.16. The maximum absolute atomic E-state index is 14.0. The van der Waals surface area contributed by atoms with Crippen molar-refractivity contribution >= 4 is 30.0 Å². The molecule has 11 heteroatoms. The van der Waals surface area contributed by atoms with Crippen molar-refractivity contribution in [2.45, 2.75) is 13.8 Å². The van der Waals surface area contributed by atoms with E-state index in [0.29, 0.717) is 0 Å². The third-order valence-corrected chi connectivity index (χ3v) is 6.19. The van der Waals surface area contributed by atoms with E-state index in [1.54, 1.807) is 0 Å². The SMILES string of the molecule is CCO[Si](Cl)(OCC)c1c(F)c(F)c(C(F)=C(F)F)c(F)c1F. The molecule has 0 fully saturated rings. The molecule has 0 spiro atoms. The third-order valence-electron chi connectivity index (χ3n) is 2.61. The van der Waals surface area contributed by atoms with Gasteiger partial charge in [0.05, 0.1) is 10.8 Å². The molecule has 0 atom stereocenters. The van der Waals surface area contributed by atoms with Gasteiger partial charge in [-0.3, -0.25) is 0 Å². The lowest BCUT2D eigenvalue weighted by Gasteiger charge is -2.24. The highest BCUT2D eigenvalue weighted by Gasteiger charge is 2.47. The molecule has 0 saturated carbocycles. The van der Waals surface area contributed by atoms with Crippen molar-refractivity contribution in [2.24, 2.45) is 0 Å². The van der Waals surface area contributed by atoms with Gasteiger partial charge >= 0.3 is 14.0 Å². The predicted octanol–water partition coefficient (Wildman–Crippen LogP) is 4.24. The van der Waals surface area contributed by atoms with Crippen LogP contribution in [0.2, 0.25) is 0 Å². The van der Waals surface area contributed by atoms with Crippen LogP contribution in [-0.2, 0) is 8.85 Å². The van der Waals surface area contributed by atoms with Gasteiger partial charge in [0, 0.05) is 13.2 Å². The van der Waals surface area contributed by atoms with Crippen molar-refractivity contribution in [2.75, 3.05) is 13.2 Å². The first-order chi connectivity index (χ1) is 10.6. The van der Waals surface area contributed by atoms with Gasteiger partial charge in [-0.05, 0) is 13.8 Å². The van der Waals surface area contributed by atoms with Crippen LogP contribution in [0.5, 0.6) is 0 Å². The Bertz CT molecular complexity index is 599. The Morgan fingerprint density at radius 2 is 1.26 bits per heavy atom. The van der Waals surface area contributed by atoms with Crippen molar-refractivity contribution in [1.82, 2.24) is 0 Å². The topological polar surface area (TPSA) is 18.5 Å². The van der Waals surface area contributed by atoms with E-state index in [1.807, 2.05) is 0 Å². The Morgan fingerprint density at radius 1 is 0.870 bits per heavy atom. The minimum Gasteiger partial charge on any atom is -0.380 e. The second-order valence-corrected chi connectivity index (χ2v) is 7.63. The normalized spacial score (nSPS) is 11.7. The Labute approximate surface area is 132 Å². The average molecular weight is 383 g/mol. The predicted molar refractivity (Wildman–Crippen MR) is 71.0 cm³/mol. The standard InChI is InChI=1S/C12H10ClF7O2Si/c1-3-21-23(13,22-4-2)11-9(17)6(14)5(7(15)10(11)18)8(16)12(19)20/h3-4H2,1-2H3. The van der Waals surface area contributed by atoms with E-state index >= 15 is 0 Å².